The fourth-order valence-corrected chi connectivity index (χ4v) is 1.44. The third-order valence-corrected chi connectivity index (χ3v) is 2.30. The van der Waals surface area contributed by atoms with E-state index in [0.29, 0.717) is 29.8 Å². The molecule has 1 aliphatic heterocycles. The Kier molecular flexibility index (Phi) is 3.30. The monoisotopic (exact) mass is 235 g/mol. The zero-order valence-electron chi connectivity index (χ0n) is 9.42. The van der Waals surface area contributed by atoms with Gasteiger partial charge in [-0.15, -0.1) is 0 Å². The van der Waals surface area contributed by atoms with Gasteiger partial charge in [-0.05, 0) is 23.8 Å². The van der Waals surface area contributed by atoms with Crippen molar-refractivity contribution in [3.05, 3.63) is 29.8 Å². The van der Waals surface area contributed by atoms with Crippen LogP contribution in [0.25, 0.3) is 6.08 Å². The zero-order chi connectivity index (χ0) is 12.3. The maximum absolute atomic E-state index is 11.1. The van der Waals surface area contributed by atoms with Crippen LogP contribution in [0, 0.1) is 0 Å². The minimum Gasteiger partial charge on any atom is -0.486 e. The lowest BCUT2D eigenvalue weighted by molar-refractivity contribution is -0.153. The van der Waals surface area contributed by atoms with Gasteiger partial charge in [0.15, 0.2) is 11.5 Å². The first-order chi connectivity index (χ1) is 8.16. The Labute approximate surface area is 98.8 Å². The number of carbonyl (C=O) groups excluding carboxylic acids is 1. The lowest BCUT2D eigenvalue weighted by Gasteiger charge is -2.18. The van der Waals surface area contributed by atoms with Gasteiger partial charge in [0, 0.05) is 13.1 Å². The molecule has 0 spiro atoms. The van der Waals surface area contributed by atoms with Crippen molar-refractivity contribution in [2.75, 3.05) is 20.3 Å². The minimum absolute atomic E-state index is 0.486. The molecule has 1 aromatic rings. The van der Waals surface area contributed by atoms with E-state index in [4.69, 9.17) is 14.7 Å². The number of amides is 1. The molecule has 1 amide bonds. The van der Waals surface area contributed by atoms with E-state index in [9.17, 15) is 4.79 Å². The van der Waals surface area contributed by atoms with Crippen molar-refractivity contribution in [2.45, 2.75) is 0 Å². The van der Waals surface area contributed by atoms with E-state index >= 15 is 0 Å². The zero-order valence-corrected chi connectivity index (χ0v) is 9.42. The molecule has 5 heteroatoms. The van der Waals surface area contributed by atoms with Gasteiger partial charge in [0.25, 0.3) is 5.91 Å². The van der Waals surface area contributed by atoms with Crippen LogP contribution < -0.4 is 9.47 Å². The lowest BCUT2D eigenvalue weighted by Crippen LogP contribution is -2.19. The normalized spacial score (nSPS) is 13.8. The van der Waals surface area contributed by atoms with Gasteiger partial charge in [0.1, 0.15) is 13.2 Å². The molecule has 1 aliphatic rings. The van der Waals surface area contributed by atoms with E-state index < -0.39 is 5.91 Å². The summed E-state index contributed by atoms with van der Waals surface area (Å²) in [5.41, 5.74) is 0.810. The van der Waals surface area contributed by atoms with E-state index in [-0.39, 0.29) is 0 Å². The van der Waals surface area contributed by atoms with Gasteiger partial charge in [-0.25, -0.2) is 5.06 Å². The highest BCUT2D eigenvalue weighted by molar-refractivity contribution is 5.90. The van der Waals surface area contributed by atoms with E-state index in [1.54, 1.807) is 18.2 Å². The molecule has 90 valence electrons. The Morgan fingerprint density at radius 3 is 2.76 bits per heavy atom. The summed E-state index contributed by atoms with van der Waals surface area (Å²) in [4.78, 5) is 11.1. The molecule has 17 heavy (non-hydrogen) atoms. The van der Waals surface area contributed by atoms with E-state index in [0.717, 1.165) is 5.56 Å². The number of nitrogens with zero attached hydrogens (tertiary/aromatic N) is 1. The highest BCUT2D eigenvalue weighted by atomic mass is 16.6. The summed E-state index contributed by atoms with van der Waals surface area (Å²) in [6, 6.07) is 5.39. The molecule has 0 radical (unpaired) electrons. The van der Waals surface area contributed by atoms with E-state index in [1.165, 1.54) is 13.1 Å². The van der Waals surface area contributed by atoms with Crippen LogP contribution in [0.2, 0.25) is 0 Å². The second-order valence-corrected chi connectivity index (χ2v) is 3.60. The molecule has 0 saturated carbocycles. The van der Waals surface area contributed by atoms with Crippen molar-refractivity contribution in [1.82, 2.24) is 5.06 Å². The van der Waals surface area contributed by atoms with Crippen LogP contribution in [0.15, 0.2) is 24.3 Å². The average Bonchev–Trinajstić information content (AvgIpc) is 2.35. The van der Waals surface area contributed by atoms with Crippen LogP contribution in [-0.4, -0.2) is 36.4 Å². The molecule has 1 aromatic carbocycles. The van der Waals surface area contributed by atoms with Crippen LogP contribution in [0.3, 0.4) is 0 Å². The van der Waals surface area contributed by atoms with Crippen molar-refractivity contribution in [3.63, 3.8) is 0 Å². The summed E-state index contributed by atoms with van der Waals surface area (Å²) in [6.07, 6.45) is 2.89. The number of carbonyl (C=O) groups is 1. The Morgan fingerprint density at radius 1 is 1.35 bits per heavy atom. The van der Waals surface area contributed by atoms with Gasteiger partial charge < -0.3 is 9.47 Å². The smallest absolute Gasteiger partial charge is 0.269 e. The fourth-order valence-electron chi connectivity index (χ4n) is 1.44. The number of fused-ring (bicyclic) bond motifs is 1. The summed E-state index contributed by atoms with van der Waals surface area (Å²) < 4.78 is 10.8. The van der Waals surface area contributed by atoms with Crippen molar-refractivity contribution in [2.24, 2.45) is 0 Å². The van der Waals surface area contributed by atoms with Gasteiger partial charge in [-0.1, -0.05) is 6.07 Å². The Morgan fingerprint density at radius 2 is 2.06 bits per heavy atom. The van der Waals surface area contributed by atoms with Crippen molar-refractivity contribution >= 4 is 12.0 Å². The predicted molar refractivity (Wildman–Crippen MR) is 61.0 cm³/mol. The standard InChI is InChI=1S/C12H13NO4/c1-13(15)12(14)5-3-9-2-4-10-11(8-9)17-7-6-16-10/h2-5,8,15H,6-7H2,1H3. The van der Waals surface area contributed by atoms with Gasteiger partial charge in [0.2, 0.25) is 0 Å². The minimum atomic E-state index is -0.486. The quantitative estimate of drug-likeness (QED) is 0.477. The molecule has 0 bridgehead atoms. The largest absolute Gasteiger partial charge is 0.486 e. The molecule has 1 N–H and O–H groups in total. The molecule has 1 heterocycles. The predicted octanol–water partition coefficient (Wildman–Crippen LogP) is 1.32. The number of hydrogen-bond acceptors (Lipinski definition) is 4. The second-order valence-electron chi connectivity index (χ2n) is 3.60. The molecule has 0 unspecified atom stereocenters. The van der Waals surface area contributed by atoms with Crippen LogP contribution in [0.5, 0.6) is 11.5 Å². The summed E-state index contributed by atoms with van der Waals surface area (Å²) in [5.74, 6) is 0.891. The van der Waals surface area contributed by atoms with E-state index in [2.05, 4.69) is 0 Å². The van der Waals surface area contributed by atoms with Gasteiger partial charge in [0.05, 0.1) is 0 Å². The van der Waals surface area contributed by atoms with Crippen molar-refractivity contribution in [3.8, 4) is 11.5 Å². The maximum atomic E-state index is 11.1. The fraction of sp³-hybridized carbons (Fsp3) is 0.250. The number of hydrogen-bond donors (Lipinski definition) is 1. The van der Waals surface area contributed by atoms with Gasteiger partial charge in [-0.2, -0.15) is 0 Å². The first kappa shape index (κ1) is 11.5. The molecule has 2 rings (SSSR count). The van der Waals surface area contributed by atoms with Crippen LogP contribution >= 0.6 is 0 Å². The first-order valence-electron chi connectivity index (χ1n) is 5.21. The number of benzene rings is 1. The van der Waals surface area contributed by atoms with Crippen LogP contribution in [0.1, 0.15) is 5.56 Å². The van der Waals surface area contributed by atoms with Crippen molar-refractivity contribution in [1.29, 1.82) is 0 Å². The van der Waals surface area contributed by atoms with Gasteiger partial charge >= 0.3 is 0 Å². The van der Waals surface area contributed by atoms with E-state index in [1.807, 2.05) is 6.07 Å². The highest BCUT2D eigenvalue weighted by Gasteiger charge is 2.10. The summed E-state index contributed by atoms with van der Waals surface area (Å²) in [5, 5.41) is 9.40. The Bertz CT molecular complexity index is 454. The third-order valence-electron chi connectivity index (χ3n) is 2.30. The average molecular weight is 235 g/mol. The molecule has 0 aliphatic carbocycles. The third kappa shape index (κ3) is 2.76. The number of rotatable bonds is 2. The number of ether oxygens (including phenoxy) is 2. The molecule has 0 fully saturated rings. The highest BCUT2D eigenvalue weighted by Crippen LogP contribution is 2.30. The molecule has 0 aromatic heterocycles. The molecule has 5 nitrogen and oxygen atoms in total. The first-order valence-corrected chi connectivity index (χ1v) is 5.21. The Balaban J connectivity index is 2.15. The van der Waals surface area contributed by atoms with Crippen LogP contribution in [-0.2, 0) is 4.79 Å². The lowest BCUT2D eigenvalue weighted by atomic mass is 10.2. The molecule has 0 saturated heterocycles. The molecule has 0 atom stereocenters. The summed E-state index contributed by atoms with van der Waals surface area (Å²) in [7, 11) is 1.27. The summed E-state index contributed by atoms with van der Waals surface area (Å²) >= 11 is 0. The number of likely N-dealkylation sites (N-methyl/N-ethyl adjacent to an activating group) is 1. The SMILES string of the molecule is CN(O)C(=O)C=Cc1ccc2c(c1)OCCO2. The summed E-state index contributed by atoms with van der Waals surface area (Å²) in [6.45, 7) is 1.08. The second kappa shape index (κ2) is 4.88. The van der Waals surface area contributed by atoms with Crippen molar-refractivity contribution < 1.29 is 19.5 Å². The molecular weight excluding hydrogens is 222 g/mol. The number of hydroxylamine groups is 2. The topological polar surface area (TPSA) is 59.0 Å². The Hall–Kier alpha value is -2.01. The maximum Gasteiger partial charge on any atom is 0.269 e. The van der Waals surface area contributed by atoms with Crippen LogP contribution in [0.4, 0.5) is 0 Å². The van der Waals surface area contributed by atoms with Gasteiger partial charge in [-0.3, -0.25) is 10.0 Å². The molecular formula is C12H13NO4.